The summed E-state index contributed by atoms with van der Waals surface area (Å²) in [5.74, 6) is 1.01. The van der Waals surface area contributed by atoms with Crippen molar-refractivity contribution in [2.45, 2.75) is 0 Å². The molecule has 1 aliphatic rings. The van der Waals surface area contributed by atoms with Gasteiger partial charge in [0.25, 0.3) is 5.69 Å². The summed E-state index contributed by atoms with van der Waals surface area (Å²) >= 11 is 0. The smallest absolute Gasteiger partial charge is 0.270 e. The highest BCUT2D eigenvalue weighted by Crippen LogP contribution is 2.18. The summed E-state index contributed by atoms with van der Waals surface area (Å²) in [4.78, 5) is 27.4. The Kier molecular flexibility index (Phi) is 4.74. The molecular weight excluding hydrogens is 322 g/mol. The van der Waals surface area contributed by atoms with Crippen LogP contribution in [0, 0.1) is 16.0 Å². The van der Waals surface area contributed by atoms with Crippen molar-refractivity contribution in [1.29, 1.82) is 0 Å². The summed E-state index contributed by atoms with van der Waals surface area (Å²) in [6, 6.07) is 13.3. The van der Waals surface area contributed by atoms with Crippen LogP contribution in [0.2, 0.25) is 0 Å². The molecule has 1 aliphatic heterocycles. The Balaban J connectivity index is 1.72. The van der Waals surface area contributed by atoms with Crippen LogP contribution in [0.25, 0.3) is 0 Å². The summed E-state index contributed by atoms with van der Waals surface area (Å²) in [6.07, 6.45) is 0. The molecule has 1 unspecified atom stereocenters. The van der Waals surface area contributed by atoms with Gasteiger partial charge in [-0.15, -0.1) is 0 Å². The van der Waals surface area contributed by atoms with Crippen LogP contribution in [0.1, 0.15) is 15.9 Å². The third-order valence-corrected chi connectivity index (χ3v) is 4.06. The number of aliphatic imine (C=N–C) groups is 1. The number of rotatable bonds is 5. The molecule has 7 heteroatoms. The Bertz CT molecular complexity index is 830. The minimum atomic E-state index is -0.442. The van der Waals surface area contributed by atoms with Crippen LogP contribution < -0.4 is 10.1 Å². The minimum Gasteiger partial charge on any atom is -0.497 e. The lowest BCUT2D eigenvalue weighted by Gasteiger charge is -2.22. The highest BCUT2D eigenvalue weighted by Gasteiger charge is 2.24. The Morgan fingerprint density at radius 1 is 1.28 bits per heavy atom. The van der Waals surface area contributed by atoms with Crippen LogP contribution in [-0.4, -0.2) is 36.7 Å². The predicted molar refractivity (Wildman–Crippen MR) is 93.3 cm³/mol. The van der Waals surface area contributed by atoms with Crippen LogP contribution in [0.15, 0.2) is 53.5 Å². The van der Waals surface area contributed by atoms with Gasteiger partial charge < -0.3 is 10.1 Å². The molecule has 1 N–H and O–H groups in total. The average molecular weight is 339 g/mol. The number of hydrogen-bond donors (Lipinski definition) is 1. The zero-order valence-corrected chi connectivity index (χ0v) is 13.6. The lowest BCUT2D eigenvalue weighted by Crippen LogP contribution is -2.39. The van der Waals surface area contributed by atoms with Gasteiger partial charge in [-0.05, 0) is 24.3 Å². The number of nitro groups is 1. The molecule has 0 fully saturated rings. The number of non-ortho nitro benzene ring substituents is 1. The monoisotopic (exact) mass is 339 g/mol. The van der Waals surface area contributed by atoms with E-state index in [1.54, 1.807) is 43.5 Å². The van der Waals surface area contributed by atoms with Gasteiger partial charge in [-0.3, -0.25) is 19.9 Å². The number of amidine groups is 1. The third-order valence-electron chi connectivity index (χ3n) is 4.06. The van der Waals surface area contributed by atoms with Crippen molar-refractivity contribution in [3.63, 3.8) is 0 Å². The highest BCUT2D eigenvalue weighted by molar-refractivity contribution is 6.02. The second-order valence-corrected chi connectivity index (χ2v) is 5.67. The molecule has 0 amide bonds. The maximum atomic E-state index is 12.5. The fourth-order valence-corrected chi connectivity index (χ4v) is 2.67. The van der Waals surface area contributed by atoms with Crippen molar-refractivity contribution in [3.05, 3.63) is 69.8 Å². The lowest BCUT2D eigenvalue weighted by atomic mass is 9.96. The first kappa shape index (κ1) is 16.6. The first-order valence-electron chi connectivity index (χ1n) is 7.80. The molecular formula is C18H17N3O4. The predicted octanol–water partition coefficient (Wildman–Crippen LogP) is 2.45. The SMILES string of the molecule is COc1ccc(C(=O)C2CN=C(c3cccc([N+](=O)[O-])c3)NC2)cc1. The van der Waals surface area contributed by atoms with E-state index in [9.17, 15) is 14.9 Å². The van der Waals surface area contributed by atoms with E-state index in [4.69, 9.17) is 4.74 Å². The molecule has 0 aliphatic carbocycles. The second-order valence-electron chi connectivity index (χ2n) is 5.67. The molecule has 128 valence electrons. The van der Waals surface area contributed by atoms with E-state index in [-0.39, 0.29) is 17.4 Å². The molecule has 0 saturated carbocycles. The van der Waals surface area contributed by atoms with Gasteiger partial charge in [0.15, 0.2) is 5.78 Å². The largest absolute Gasteiger partial charge is 0.497 e. The van der Waals surface area contributed by atoms with Crippen LogP contribution in [0.4, 0.5) is 5.69 Å². The maximum Gasteiger partial charge on any atom is 0.270 e. The third kappa shape index (κ3) is 3.65. The van der Waals surface area contributed by atoms with Crippen LogP contribution >= 0.6 is 0 Å². The molecule has 25 heavy (non-hydrogen) atoms. The Morgan fingerprint density at radius 2 is 2.04 bits per heavy atom. The van der Waals surface area contributed by atoms with Crippen molar-refractivity contribution in [3.8, 4) is 5.75 Å². The van der Waals surface area contributed by atoms with Gasteiger partial charge in [0.05, 0.1) is 24.5 Å². The molecule has 0 saturated heterocycles. The summed E-state index contributed by atoms with van der Waals surface area (Å²) in [5.41, 5.74) is 1.27. The molecule has 0 spiro atoms. The van der Waals surface area contributed by atoms with Crippen molar-refractivity contribution < 1.29 is 14.5 Å². The van der Waals surface area contributed by atoms with E-state index >= 15 is 0 Å². The van der Waals surface area contributed by atoms with Gasteiger partial charge in [-0.1, -0.05) is 12.1 Å². The first-order valence-corrected chi connectivity index (χ1v) is 7.80. The standard InChI is InChI=1S/C18H17N3O4/c1-25-16-7-5-12(6-8-16)17(22)14-10-19-18(20-11-14)13-3-2-4-15(9-13)21(23)24/h2-9,14H,10-11H2,1H3,(H,19,20). The summed E-state index contributed by atoms with van der Waals surface area (Å²) < 4.78 is 5.09. The number of nitro benzene ring substituents is 1. The molecule has 3 rings (SSSR count). The normalized spacial score (nSPS) is 16.5. The molecule has 0 bridgehead atoms. The van der Waals surface area contributed by atoms with Crippen molar-refractivity contribution in [2.24, 2.45) is 10.9 Å². The number of nitrogens with zero attached hydrogens (tertiary/aromatic N) is 2. The number of benzene rings is 2. The van der Waals surface area contributed by atoms with Gasteiger partial charge in [0.2, 0.25) is 0 Å². The molecule has 1 heterocycles. The number of Topliss-reactive ketones (excluding diaryl/α,β-unsaturated/α-hetero) is 1. The topological polar surface area (TPSA) is 93.8 Å². The molecule has 1 atom stereocenters. The van der Waals surface area contributed by atoms with E-state index in [2.05, 4.69) is 10.3 Å². The van der Waals surface area contributed by atoms with Gasteiger partial charge in [0.1, 0.15) is 11.6 Å². The van der Waals surface area contributed by atoms with Crippen molar-refractivity contribution in [1.82, 2.24) is 5.32 Å². The minimum absolute atomic E-state index is 0.0111. The van der Waals surface area contributed by atoms with E-state index in [1.807, 2.05) is 0 Å². The fraction of sp³-hybridized carbons (Fsp3) is 0.222. The number of methoxy groups -OCH3 is 1. The van der Waals surface area contributed by atoms with E-state index < -0.39 is 4.92 Å². The number of ether oxygens (including phenoxy) is 1. The van der Waals surface area contributed by atoms with E-state index in [0.29, 0.717) is 35.8 Å². The molecule has 0 aromatic heterocycles. The fourth-order valence-electron chi connectivity index (χ4n) is 2.67. The first-order chi connectivity index (χ1) is 12.1. The molecule has 2 aromatic carbocycles. The summed E-state index contributed by atoms with van der Waals surface area (Å²) in [5, 5.41) is 14.0. The molecule has 7 nitrogen and oxygen atoms in total. The van der Waals surface area contributed by atoms with Gasteiger partial charge >= 0.3 is 0 Å². The highest BCUT2D eigenvalue weighted by atomic mass is 16.6. The molecule has 0 radical (unpaired) electrons. The maximum absolute atomic E-state index is 12.5. The Morgan fingerprint density at radius 3 is 2.64 bits per heavy atom. The van der Waals surface area contributed by atoms with Crippen LogP contribution in [0.3, 0.4) is 0 Å². The van der Waals surface area contributed by atoms with Crippen molar-refractivity contribution >= 4 is 17.3 Å². The Labute approximate surface area is 144 Å². The quantitative estimate of drug-likeness (QED) is 0.513. The number of ketones is 1. The van der Waals surface area contributed by atoms with Crippen LogP contribution in [0.5, 0.6) is 5.75 Å². The molecule has 2 aromatic rings. The van der Waals surface area contributed by atoms with Gasteiger partial charge in [-0.2, -0.15) is 0 Å². The van der Waals surface area contributed by atoms with Gasteiger partial charge in [-0.25, -0.2) is 0 Å². The summed E-state index contributed by atoms with van der Waals surface area (Å²) in [7, 11) is 1.58. The van der Waals surface area contributed by atoms with E-state index in [1.165, 1.54) is 12.1 Å². The van der Waals surface area contributed by atoms with Crippen molar-refractivity contribution in [2.75, 3.05) is 20.2 Å². The lowest BCUT2D eigenvalue weighted by molar-refractivity contribution is -0.384. The van der Waals surface area contributed by atoms with Crippen LogP contribution in [-0.2, 0) is 0 Å². The van der Waals surface area contributed by atoms with Gasteiger partial charge in [0, 0.05) is 29.8 Å². The summed E-state index contributed by atoms with van der Waals surface area (Å²) in [6.45, 7) is 0.780. The zero-order valence-electron chi connectivity index (χ0n) is 13.6. The Hall–Kier alpha value is -3.22. The number of nitrogens with one attached hydrogen (secondary N) is 1. The number of carbonyl (C=O) groups excluding carboxylic acids is 1. The number of carbonyl (C=O) groups is 1. The number of hydrogen-bond acceptors (Lipinski definition) is 6. The van der Waals surface area contributed by atoms with E-state index in [0.717, 1.165) is 0 Å². The average Bonchev–Trinajstić information content (AvgIpc) is 2.67. The second kappa shape index (κ2) is 7.12. The zero-order chi connectivity index (χ0) is 17.8.